The van der Waals surface area contributed by atoms with Crippen LogP contribution in [-0.2, 0) is 19.4 Å². The Hall–Kier alpha value is -3.05. The molecule has 1 aliphatic heterocycles. The topological polar surface area (TPSA) is 125 Å². The number of benzene rings is 2. The van der Waals surface area contributed by atoms with Gasteiger partial charge < -0.3 is 14.8 Å². The lowest BCUT2D eigenvalue weighted by Crippen LogP contribution is -2.54. The van der Waals surface area contributed by atoms with Gasteiger partial charge in [0.2, 0.25) is 5.82 Å². The minimum atomic E-state index is -4.53. The zero-order valence-electron chi connectivity index (χ0n) is 17.6. The summed E-state index contributed by atoms with van der Waals surface area (Å²) < 4.78 is 51.5. The Balaban J connectivity index is 2.33. The summed E-state index contributed by atoms with van der Waals surface area (Å²) in [6.07, 6.45) is -0.158. The standard InChI is InChI=1S/C21H23FN2O7S/c1-3-31-20(25)21(9-11-23-12-10-21)32(28,29)17-8-7-16(24(26)27)19(22)18(17)14-5-4-6-15(13-14)30-2/h4-8,13,23H,3,9-12H2,1-2H3. The molecule has 0 aromatic heterocycles. The predicted octanol–water partition coefficient (Wildman–Crippen LogP) is 2.87. The number of halogens is 1. The van der Waals surface area contributed by atoms with Gasteiger partial charge in [0.15, 0.2) is 14.6 Å². The molecule has 1 saturated heterocycles. The molecule has 1 N–H and O–H groups in total. The molecule has 0 amide bonds. The zero-order chi connectivity index (χ0) is 23.5. The van der Waals surface area contributed by atoms with E-state index in [1.54, 1.807) is 13.0 Å². The molecule has 1 fully saturated rings. The normalized spacial score (nSPS) is 15.7. The maximum Gasteiger partial charge on any atom is 0.327 e. The van der Waals surface area contributed by atoms with E-state index in [4.69, 9.17) is 9.47 Å². The van der Waals surface area contributed by atoms with Crippen LogP contribution < -0.4 is 10.1 Å². The molecule has 0 saturated carbocycles. The number of sulfone groups is 1. The van der Waals surface area contributed by atoms with Crippen molar-refractivity contribution in [3.8, 4) is 16.9 Å². The Bertz CT molecular complexity index is 1140. The number of hydrogen-bond donors (Lipinski definition) is 1. The number of carbonyl (C=O) groups excluding carboxylic acids is 1. The summed E-state index contributed by atoms with van der Waals surface area (Å²) in [5, 5.41) is 14.4. The van der Waals surface area contributed by atoms with Gasteiger partial charge in [-0.15, -0.1) is 0 Å². The molecule has 0 unspecified atom stereocenters. The summed E-state index contributed by atoms with van der Waals surface area (Å²) in [5.74, 6) is -1.92. The average Bonchev–Trinajstić information content (AvgIpc) is 2.79. The van der Waals surface area contributed by atoms with Crippen molar-refractivity contribution in [2.75, 3.05) is 26.8 Å². The van der Waals surface area contributed by atoms with Gasteiger partial charge in [-0.2, -0.15) is 4.39 Å². The number of nitrogens with one attached hydrogen (secondary N) is 1. The first kappa shape index (κ1) is 23.6. The van der Waals surface area contributed by atoms with Crippen molar-refractivity contribution < 1.29 is 32.0 Å². The Morgan fingerprint density at radius 2 is 1.94 bits per heavy atom. The molecular formula is C21H23FN2O7S. The van der Waals surface area contributed by atoms with Gasteiger partial charge in [0, 0.05) is 11.6 Å². The molecule has 3 rings (SSSR count). The molecule has 1 heterocycles. The fraction of sp³-hybridized carbons (Fsp3) is 0.381. The molecule has 9 nitrogen and oxygen atoms in total. The third-order valence-corrected chi connectivity index (χ3v) is 8.02. The van der Waals surface area contributed by atoms with Crippen molar-refractivity contribution in [1.29, 1.82) is 0 Å². The Labute approximate surface area is 184 Å². The van der Waals surface area contributed by atoms with E-state index in [0.29, 0.717) is 5.75 Å². The summed E-state index contributed by atoms with van der Waals surface area (Å²) in [4.78, 5) is 22.8. The first-order chi connectivity index (χ1) is 15.2. The quantitative estimate of drug-likeness (QED) is 0.375. The number of esters is 1. The van der Waals surface area contributed by atoms with Gasteiger partial charge in [-0.1, -0.05) is 12.1 Å². The summed E-state index contributed by atoms with van der Waals surface area (Å²) >= 11 is 0. The van der Waals surface area contributed by atoms with Crippen molar-refractivity contribution in [3.05, 3.63) is 52.3 Å². The van der Waals surface area contributed by atoms with E-state index in [1.165, 1.54) is 25.3 Å². The fourth-order valence-electron chi connectivity index (χ4n) is 3.85. The first-order valence-electron chi connectivity index (χ1n) is 9.93. The maximum absolute atomic E-state index is 15.4. The number of methoxy groups -OCH3 is 1. The fourth-order valence-corrected chi connectivity index (χ4v) is 6.01. The highest BCUT2D eigenvalue weighted by atomic mass is 32.2. The number of hydrogen-bond acceptors (Lipinski definition) is 8. The molecule has 0 spiro atoms. The van der Waals surface area contributed by atoms with Gasteiger partial charge in [0.25, 0.3) is 0 Å². The number of nitro groups is 1. The minimum absolute atomic E-state index is 0.0269. The van der Waals surface area contributed by atoms with E-state index in [-0.39, 0.29) is 38.1 Å². The van der Waals surface area contributed by atoms with Crippen LogP contribution in [0.25, 0.3) is 11.1 Å². The predicted molar refractivity (Wildman–Crippen MR) is 114 cm³/mol. The maximum atomic E-state index is 15.4. The van der Waals surface area contributed by atoms with E-state index in [0.717, 1.165) is 12.1 Å². The van der Waals surface area contributed by atoms with Crippen LogP contribution >= 0.6 is 0 Å². The molecule has 32 heavy (non-hydrogen) atoms. The van der Waals surface area contributed by atoms with Crippen LogP contribution in [0.15, 0.2) is 41.3 Å². The third-order valence-electron chi connectivity index (χ3n) is 5.50. The lowest BCUT2D eigenvalue weighted by Gasteiger charge is -2.35. The van der Waals surface area contributed by atoms with Gasteiger partial charge in [0.1, 0.15) is 5.75 Å². The molecule has 1 aliphatic rings. The minimum Gasteiger partial charge on any atom is -0.497 e. The van der Waals surface area contributed by atoms with Gasteiger partial charge in [-0.3, -0.25) is 14.9 Å². The monoisotopic (exact) mass is 466 g/mol. The molecule has 0 aliphatic carbocycles. The highest BCUT2D eigenvalue weighted by molar-refractivity contribution is 7.93. The molecule has 11 heteroatoms. The summed E-state index contributed by atoms with van der Waals surface area (Å²) in [7, 11) is -3.15. The smallest absolute Gasteiger partial charge is 0.327 e. The summed E-state index contributed by atoms with van der Waals surface area (Å²) in [6.45, 7) is 2.01. The van der Waals surface area contributed by atoms with Crippen molar-refractivity contribution in [3.63, 3.8) is 0 Å². The number of nitro benzene ring substituents is 1. The van der Waals surface area contributed by atoms with Crippen LogP contribution in [0, 0.1) is 15.9 Å². The van der Waals surface area contributed by atoms with Crippen LogP contribution in [0.2, 0.25) is 0 Å². The van der Waals surface area contributed by atoms with Crippen molar-refractivity contribution >= 4 is 21.5 Å². The largest absolute Gasteiger partial charge is 0.497 e. The van der Waals surface area contributed by atoms with Gasteiger partial charge in [-0.25, -0.2) is 8.42 Å². The molecule has 2 aromatic rings. The van der Waals surface area contributed by atoms with Crippen LogP contribution in [0.1, 0.15) is 19.8 Å². The molecule has 172 valence electrons. The second-order valence-corrected chi connectivity index (χ2v) is 9.46. The number of carbonyl (C=O) groups is 1. The molecule has 0 bridgehead atoms. The van der Waals surface area contributed by atoms with Gasteiger partial charge in [-0.05, 0) is 56.6 Å². The lowest BCUT2D eigenvalue weighted by atomic mass is 9.97. The van der Waals surface area contributed by atoms with E-state index >= 15 is 4.39 Å². The number of nitrogens with zero attached hydrogens (tertiary/aromatic N) is 1. The zero-order valence-corrected chi connectivity index (χ0v) is 18.4. The van der Waals surface area contributed by atoms with Crippen LogP contribution in [0.3, 0.4) is 0 Å². The molecule has 0 atom stereocenters. The Morgan fingerprint density at radius 1 is 1.25 bits per heavy atom. The second kappa shape index (κ2) is 9.21. The van der Waals surface area contributed by atoms with E-state index in [2.05, 4.69) is 5.32 Å². The lowest BCUT2D eigenvalue weighted by molar-refractivity contribution is -0.387. The SMILES string of the molecule is CCOC(=O)C1(S(=O)(=O)c2ccc([N+](=O)[O-])c(F)c2-c2cccc(OC)c2)CCNCC1. The highest BCUT2D eigenvalue weighted by Gasteiger charge is 2.54. The van der Waals surface area contributed by atoms with Crippen molar-refractivity contribution in [2.45, 2.75) is 29.4 Å². The summed E-state index contributed by atoms with van der Waals surface area (Å²) in [5.41, 5.74) is -1.30. The second-order valence-electron chi connectivity index (χ2n) is 7.23. The molecule has 0 radical (unpaired) electrons. The number of rotatable bonds is 7. The van der Waals surface area contributed by atoms with Crippen LogP contribution in [0.5, 0.6) is 5.75 Å². The van der Waals surface area contributed by atoms with E-state index < -0.39 is 47.4 Å². The van der Waals surface area contributed by atoms with Gasteiger partial charge in [0.05, 0.1) is 23.5 Å². The van der Waals surface area contributed by atoms with Crippen LogP contribution in [-0.4, -0.2) is 50.9 Å². The van der Waals surface area contributed by atoms with E-state index in [9.17, 15) is 23.3 Å². The van der Waals surface area contributed by atoms with E-state index in [1.807, 2.05) is 0 Å². The highest BCUT2D eigenvalue weighted by Crippen LogP contribution is 2.42. The third kappa shape index (κ3) is 3.93. The molecular weight excluding hydrogens is 443 g/mol. The van der Waals surface area contributed by atoms with Crippen molar-refractivity contribution in [2.24, 2.45) is 0 Å². The molecule has 2 aromatic carbocycles. The van der Waals surface area contributed by atoms with Crippen molar-refractivity contribution in [1.82, 2.24) is 5.32 Å². The Morgan fingerprint density at radius 3 is 2.53 bits per heavy atom. The van der Waals surface area contributed by atoms with Gasteiger partial charge >= 0.3 is 11.7 Å². The number of ether oxygens (including phenoxy) is 2. The van der Waals surface area contributed by atoms with Crippen LogP contribution in [0.4, 0.5) is 10.1 Å². The Kier molecular flexibility index (Phi) is 6.79. The summed E-state index contributed by atoms with van der Waals surface area (Å²) in [6, 6.07) is 7.65. The average molecular weight is 466 g/mol. The first-order valence-corrected chi connectivity index (χ1v) is 11.4. The number of piperidine rings is 1.